The van der Waals surface area contributed by atoms with Crippen LogP contribution in [0.15, 0.2) is 84.0 Å². The predicted molar refractivity (Wildman–Crippen MR) is 150 cm³/mol. The molecular formula is C32H37F2N3O2. The number of ether oxygens (including phenoxy) is 1. The summed E-state index contributed by atoms with van der Waals surface area (Å²) in [5, 5.41) is 6.00. The van der Waals surface area contributed by atoms with Crippen molar-refractivity contribution in [3.05, 3.63) is 107 Å². The van der Waals surface area contributed by atoms with Crippen LogP contribution in [0.3, 0.4) is 0 Å². The van der Waals surface area contributed by atoms with Gasteiger partial charge in [-0.15, -0.1) is 5.10 Å². The van der Waals surface area contributed by atoms with E-state index in [1.807, 2.05) is 65.0 Å². The first-order valence-corrected chi connectivity index (χ1v) is 13.3. The molecule has 2 atom stereocenters. The van der Waals surface area contributed by atoms with Crippen LogP contribution in [0.2, 0.25) is 0 Å². The molecule has 39 heavy (non-hydrogen) atoms. The van der Waals surface area contributed by atoms with Gasteiger partial charge in [0.15, 0.2) is 0 Å². The molecule has 0 radical (unpaired) electrons. The molecule has 1 amide bonds. The molecule has 2 N–H and O–H groups in total. The highest BCUT2D eigenvalue weighted by Crippen LogP contribution is 2.52. The number of rotatable bonds is 8. The van der Waals surface area contributed by atoms with E-state index in [-0.39, 0.29) is 23.2 Å². The maximum absolute atomic E-state index is 15.2. The summed E-state index contributed by atoms with van der Waals surface area (Å²) in [7, 11) is 0. The molecule has 0 spiro atoms. The fraction of sp³-hybridized carbons (Fsp3) is 0.375. The third kappa shape index (κ3) is 5.33. The number of benzene rings is 3. The van der Waals surface area contributed by atoms with E-state index >= 15 is 4.39 Å². The zero-order valence-corrected chi connectivity index (χ0v) is 23.2. The van der Waals surface area contributed by atoms with E-state index in [0.29, 0.717) is 30.5 Å². The summed E-state index contributed by atoms with van der Waals surface area (Å²) in [6, 6.07) is 22.0. The van der Waals surface area contributed by atoms with E-state index in [9.17, 15) is 9.18 Å². The van der Waals surface area contributed by atoms with Crippen LogP contribution in [0.25, 0.3) is 0 Å². The predicted octanol–water partition coefficient (Wildman–Crippen LogP) is 6.93. The topological polar surface area (TPSA) is 67.9 Å². The van der Waals surface area contributed by atoms with Crippen LogP contribution in [0.5, 0.6) is 0 Å². The molecule has 0 saturated carbocycles. The molecule has 1 aliphatic rings. The highest BCUT2D eigenvalue weighted by Gasteiger charge is 2.56. The van der Waals surface area contributed by atoms with Crippen molar-refractivity contribution < 1.29 is 18.3 Å². The number of halogens is 2. The zero-order chi connectivity index (χ0) is 28.4. The highest BCUT2D eigenvalue weighted by molar-refractivity contribution is 5.98. The lowest BCUT2D eigenvalue weighted by Gasteiger charge is -2.45. The molecule has 5 nitrogen and oxygen atoms in total. The first-order chi connectivity index (χ1) is 18.4. The Kier molecular flexibility index (Phi) is 7.94. The Morgan fingerprint density at radius 1 is 0.923 bits per heavy atom. The van der Waals surface area contributed by atoms with Gasteiger partial charge in [-0.05, 0) is 42.1 Å². The number of hydrogen-bond donors (Lipinski definition) is 1. The third-order valence-electron chi connectivity index (χ3n) is 7.39. The minimum atomic E-state index is -1.36. The summed E-state index contributed by atoms with van der Waals surface area (Å²) in [4.78, 5) is 14.7. The number of nitrogens with two attached hydrogens (primary N) is 1. The number of hydrogen-bond acceptors (Lipinski definition) is 4. The van der Waals surface area contributed by atoms with Crippen LogP contribution in [0.4, 0.5) is 8.78 Å². The normalized spacial score (nSPS) is 18.5. The number of carbonyl (C=O) groups is 1. The molecule has 3 aromatic rings. The molecule has 3 aromatic carbocycles. The van der Waals surface area contributed by atoms with Crippen molar-refractivity contribution in [3.63, 3.8) is 0 Å². The molecule has 206 valence electrons. The van der Waals surface area contributed by atoms with Crippen LogP contribution >= 0.6 is 0 Å². The molecule has 1 heterocycles. The van der Waals surface area contributed by atoms with Crippen LogP contribution in [-0.4, -0.2) is 23.4 Å². The Morgan fingerprint density at radius 2 is 1.51 bits per heavy atom. The monoisotopic (exact) mass is 533 g/mol. The van der Waals surface area contributed by atoms with Crippen LogP contribution in [0, 0.1) is 22.5 Å². The molecule has 1 aliphatic heterocycles. The molecule has 0 fully saturated rings. The van der Waals surface area contributed by atoms with Crippen molar-refractivity contribution in [2.24, 2.45) is 21.7 Å². The van der Waals surface area contributed by atoms with E-state index in [4.69, 9.17) is 10.5 Å². The van der Waals surface area contributed by atoms with Gasteiger partial charge in [0.05, 0.1) is 11.0 Å². The van der Waals surface area contributed by atoms with Crippen molar-refractivity contribution in [1.82, 2.24) is 5.01 Å². The minimum Gasteiger partial charge on any atom is -0.443 e. The van der Waals surface area contributed by atoms with E-state index in [1.165, 1.54) is 17.1 Å². The van der Waals surface area contributed by atoms with Gasteiger partial charge in [0, 0.05) is 17.9 Å². The maximum atomic E-state index is 15.2. The number of carbonyl (C=O) groups excluding carboxylic acids is 1. The number of amides is 1. The van der Waals surface area contributed by atoms with Gasteiger partial charge in [0.2, 0.25) is 11.6 Å². The Hall–Kier alpha value is -3.58. The quantitative estimate of drug-likeness (QED) is 0.341. The maximum Gasteiger partial charge on any atom is 0.252 e. The van der Waals surface area contributed by atoms with Gasteiger partial charge in [-0.2, -0.15) is 5.01 Å². The van der Waals surface area contributed by atoms with Crippen LogP contribution < -0.4 is 5.73 Å². The Balaban J connectivity index is 1.92. The van der Waals surface area contributed by atoms with Crippen LogP contribution in [0.1, 0.15) is 70.1 Å². The Bertz CT molecular complexity index is 1350. The number of nitrogens with zero attached hydrogens (tertiary/aromatic N) is 2. The smallest absolute Gasteiger partial charge is 0.252 e. The van der Waals surface area contributed by atoms with Crippen molar-refractivity contribution in [2.75, 3.05) is 6.54 Å². The summed E-state index contributed by atoms with van der Waals surface area (Å²) in [5.41, 5.74) is 4.23. The average Bonchev–Trinajstić information content (AvgIpc) is 3.28. The minimum absolute atomic E-state index is 0.0105. The van der Waals surface area contributed by atoms with E-state index < -0.39 is 28.3 Å². The van der Waals surface area contributed by atoms with Crippen LogP contribution in [-0.2, 0) is 15.3 Å². The average molecular weight is 534 g/mol. The first-order valence-electron chi connectivity index (χ1n) is 13.3. The second-order valence-corrected chi connectivity index (χ2v) is 11.7. The molecule has 0 aromatic heterocycles. The number of hydrazone groups is 1. The fourth-order valence-electron chi connectivity index (χ4n) is 5.91. The Labute approximate surface area is 229 Å². The second kappa shape index (κ2) is 10.9. The third-order valence-corrected chi connectivity index (χ3v) is 7.39. The molecule has 2 unspecified atom stereocenters. The van der Waals surface area contributed by atoms with Gasteiger partial charge in [0.1, 0.15) is 11.6 Å². The summed E-state index contributed by atoms with van der Waals surface area (Å²) >= 11 is 0. The molecule has 4 rings (SSSR count). The van der Waals surface area contributed by atoms with E-state index in [1.54, 1.807) is 36.4 Å². The summed E-state index contributed by atoms with van der Waals surface area (Å²) in [6.07, 6.45) is 0.853. The van der Waals surface area contributed by atoms with Gasteiger partial charge in [-0.1, -0.05) is 95.3 Å². The van der Waals surface area contributed by atoms with E-state index in [2.05, 4.69) is 5.10 Å². The fourth-order valence-corrected chi connectivity index (χ4v) is 5.91. The van der Waals surface area contributed by atoms with Crippen molar-refractivity contribution >= 4 is 11.8 Å². The standard InChI is InChI=1S/C32H37F2N3O2/c1-30(2,3)27(23-16-9-11-18-25(23)33)31(4,5)29(38)37-32(20-13-21-35,22-14-7-6-8-15-22)39-28(36-37)24-17-10-12-19-26(24)34/h6-12,14-19,27H,13,20-21,35H2,1-5H3. The summed E-state index contributed by atoms with van der Waals surface area (Å²) in [5.74, 6) is -1.75. The Morgan fingerprint density at radius 3 is 2.10 bits per heavy atom. The summed E-state index contributed by atoms with van der Waals surface area (Å²) < 4.78 is 36.7. The lowest BCUT2D eigenvalue weighted by Crippen LogP contribution is -2.52. The van der Waals surface area contributed by atoms with E-state index in [0.717, 1.165) is 0 Å². The lowest BCUT2D eigenvalue weighted by molar-refractivity contribution is -0.165. The van der Waals surface area contributed by atoms with Crippen molar-refractivity contribution in [3.8, 4) is 0 Å². The SMILES string of the molecule is CC(C)(C)C(c1ccccc1F)C(C)(C)C(=O)N1N=C(c2ccccc2F)OC1(CCCN)c1ccccc1. The van der Waals surface area contributed by atoms with Crippen molar-refractivity contribution in [2.45, 2.75) is 59.1 Å². The zero-order valence-electron chi connectivity index (χ0n) is 23.2. The largest absolute Gasteiger partial charge is 0.443 e. The van der Waals surface area contributed by atoms with Gasteiger partial charge < -0.3 is 10.5 Å². The van der Waals surface area contributed by atoms with Crippen molar-refractivity contribution in [1.29, 1.82) is 0 Å². The van der Waals surface area contributed by atoms with Gasteiger partial charge in [-0.25, -0.2) is 8.78 Å². The van der Waals surface area contributed by atoms with Gasteiger partial charge in [0.25, 0.3) is 5.91 Å². The highest BCUT2D eigenvalue weighted by atomic mass is 19.1. The first kappa shape index (κ1) is 28.4. The molecule has 0 bridgehead atoms. The van der Waals surface area contributed by atoms with Gasteiger partial charge in [-0.3, -0.25) is 4.79 Å². The molecular weight excluding hydrogens is 496 g/mol. The molecule has 7 heteroatoms. The molecule has 0 saturated heterocycles. The summed E-state index contributed by atoms with van der Waals surface area (Å²) in [6.45, 7) is 9.96. The lowest BCUT2D eigenvalue weighted by atomic mass is 9.62. The van der Waals surface area contributed by atoms with Gasteiger partial charge >= 0.3 is 0 Å². The second-order valence-electron chi connectivity index (χ2n) is 11.7. The molecule has 0 aliphatic carbocycles.